The molecule has 0 aliphatic rings. The second kappa shape index (κ2) is 10.1. The Morgan fingerprint density at radius 1 is 1.10 bits per heavy atom. The molecule has 0 aliphatic carbocycles. The lowest BCUT2D eigenvalue weighted by atomic mass is 10.2. The van der Waals surface area contributed by atoms with Crippen LogP contribution in [0.3, 0.4) is 0 Å². The fourth-order valence-electron chi connectivity index (χ4n) is 1.13. The number of thioether (sulfide) groups is 2. The van der Waals surface area contributed by atoms with Gasteiger partial charge in [0.15, 0.2) is 5.12 Å². The molecule has 0 aromatic heterocycles. The van der Waals surface area contributed by atoms with Crippen LogP contribution in [0.15, 0.2) is 0 Å². The molecule has 1 N–H and O–H groups in total. The Morgan fingerprint density at radius 3 is 2.15 bits per heavy atom. The summed E-state index contributed by atoms with van der Waals surface area (Å²) in [7, 11) is 0. The molecular weight excluding hydrogens is 300 g/mol. The van der Waals surface area contributed by atoms with E-state index in [1.54, 1.807) is 6.92 Å². The van der Waals surface area contributed by atoms with E-state index in [4.69, 9.17) is 9.84 Å². The summed E-state index contributed by atoms with van der Waals surface area (Å²) >= 11 is 2.48. The molecule has 0 aliphatic heterocycles. The highest BCUT2D eigenvalue weighted by molar-refractivity contribution is 8.13. The van der Waals surface area contributed by atoms with Gasteiger partial charge in [-0.15, -0.1) is 0 Å². The van der Waals surface area contributed by atoms with E-state index in [1.165, 1.54) is 18.7 Å². The minimum absolute atomic E-state index is 0.0769. The summed E-state index contributed by atoms with van der Waals surface area (Å²) in [5.74, 6) is -0.392. The lowest BCUT2D eigenvalue weighted by Gasteiger charge is -2.16. The zero-order chi connectivity index (χ0) is 15.7. The highest BCUT2D eigenvalue weighted by Gasteiger charge is 2.25. The summed E-state index contributed by atoms with van der Waals surface area (Å²) in [6, 6.07) is 0. The van der Waals surface area contributed by atoms with Crippen LogP contribution in [-0.2, 0) is 19.1 Å². The summed E-state index contributed by atoms with van der Waals surface area (Å²) in [5.41, 5.74) is 0. The monoisotopic (exact) mass is 322 g/mol. The summed E-state index contributed by atoms with van der Waals surface area (Å²) < 4.78 is 5.00. The van der Waals surface area contributed by atoms with Gasteiger partial charge in [0, 0.05) is 18.4 Å². The van der Waals surface area contributed by atoms with Crippen LogP contribution in [0.25, 0.3) is 0 Å². The summed E-state index contributed by atoms with van der Waals surface area (Å²) in [5, 5.41) is 8.96. The first kappa shape index (κ1) is 19.3. The van der Waals surface area contributed by atoms with Crippen molar-refractivity contribution in [2.75, 3.05) is 17.3 Å². The summed E-state index contributed by atoms with van der Waals surface area (Å²) in [6.45, 7) is 7.12. The number of rotatable bonds is 9. The minimum Gasteiger partial charge on any atom is -0.478 e. The van der Waals surface area contributed by atoms with Gasteiger partial charge in [-0.2, -0.15) is 11.8 Å². The normalized spacial score (nSPS) is 13.8. The van der Waals surface area contributed by atoms with Gasteiger partial charge in [-0.25, -0.2) is 4.79 Å². The molecule has 2 atom stereocenters. The SMILES string of the molecule is CC(=O)SC[C@H](C)C(=O)OC(CSCC(C)C)C(=O)O. The molecule has 0 heterocycles. The molecule has 7 heteroatoms. The molecule has 0 bridgehead atoms. The van der Waals surface area contributed by atoms with Crippen molar-refractivity contribution in [3.63, 3.8) is 0 Å². The van der Waals surface area contributed by atoms with Crippen molar-refractivity contribution in [3.8, 4) is 0 Å². The van der Waals surface area contributed by atoms with Crippen LogP contribution in [0.1, 0.15) is 27.7 Å². The molecule has 0 rings (SSSR count). The second-order valence-corrected chi connectivity index (χ2v) is 7.17. The van der Waals surface area contributed by atoms with Crippen molar-refractivity contribution in [1.29, 1.82) is 0 Å². The van der Waals surface area contributed by atoms with Gasteiger partial charge < -0.3 is 9.84 Å². The maximum Gasteiger partial charge on any atom is 0.345 e. The number of carboxylic acids is 1. The van der Waals surface area contributed by atoms with E-state index in [9.17, 15) is 14.4 Å². The quantitative estimate of drug-likeness (QED) is 0.652. The minimum atomic E-state index is -1.14. The average molecular weight is 322 g/mol. The van der Waals surface area contributed by atoms with Crippen LogP contribution in [-0.4, -0.2) is 45.5 Å². The van der Waals surface area contributed by atoms with E-state index in [1.807, 2.05) is 13.8 Å². The molecule has 0 aromatic rings. The number of carbonyl (C=O) groups is 3. The standard InChI is InChI=1S/C13H22O5S2/c1-8(2)5-19-7-11(12(15)16)18-13(17)9(3)6-20-10(4)14/h8-9,11H,5-7H2,1-4H3,(H,15,16)/t9-,11?/m0/s1. The van der Waals surface area contributed by atoms with Crippen LogP contribution in [0.2, 0.25) is 0 Å². The summed E-state index contributed by atoms with van der Waals surface area (Å²) in [6.07, 6.45) is -1.13. The number of hydrogen-bond acceptors (Lipinski definition) is 6. The maximum absolute atomic E-state index is 11.7. The average Bonchev–Trinajstić information content (AvgIpc) is 2.33. The number of aliphatic carboxylic acids is 1. The van der Waals surface area contributed by atoms with Gasteiger partial charge in [0.1, 0.15) is 0 Å². The number of carboxylic acid groups (broad SMARTS) is 1. The van der Waals surface area contributed by atoms with Crippen molar-refractivity contribution < 1.29 is 24.2 Å². The fraction of sp³-hybridized carbons (Fsp3) is 0.769. The van der Waals surface area contributed by atoms with Gasteiger partial charge in [0.2, 0.25) is 6.10 Å². The lowest BCUT2D eigenvalue weighted by Crippen LogP contribution is -2.32. The Hall–Kier alpha value is -0.690. The number of carbonyl (C=O) groups excluding carboxylic acids is 2. The molecule has 1 unspecified atom stereocenters. The van der Waals surface area contributed by atoms with Crippen molar-refractivity contribution in [3.05, 3.63) is 0 Å². The van der Waals surface area contributed by atoms with Crippen LogP contribution < -0.4 is 0 Å². The molecule has 0 spiro atoms. The Bertz CT molecular complexity index is 344. The van der Waals surface area contributed by atoms with Crippen molar-refractivity contribution in [1.82, 2.24) is 0 Å². The largest absolute Gasteiger partial charge is 0.478 e. The number of hydrogen-bond donors (Lipinski definition) is 1. The first-order valence-electron chi connectivity index (χ1n) is 6.38. The summed E-state index contributed by atoms with van der Waals surface area (Å²) in [4.78, 5) is 33.6. The molecule has 0 radical (unpaired) electrons. The van der Waals surface area contributed by atoms with E-state index in [0.29, 0.717) is 11.7 Å². The Labute approximate surface area is 128 Å². The molecular formula is C13H22O5S2. The van der Waals surface area contributed by atoms with Crippen molar-refractivity contribution in [2.45, 2.75) is 33.8 Å². The second-order valence-electron chi connectivity index (χ2n) is 4.90. The van der Waals surface area contributed by atoms with Gasteiger partial charge in [-0.1, -0.05) is 32.5 Å². The topological polar surface area (TPSA) is 80.7 Å². The van der Waals surface area contributed by atoms with Crippen LogP contribution in [0.5, 0.6) is 0 Å². The van der Waals surface area contributed by atoms with Gasteiger partial charge in [-0.05, 0) is 11.7 Å². The molecule has 5 nitrogen and oxygen atoms in total. The van der Waals surface area contributed by atoms with E-state index in [0.717, 1.165) is 17.5 Å². The van der Waals surface area contributed by atoms with E-state index in [-0.39, 0.29) is 10.9 Å². The molecule has 20 heavy (non-hydrogen) atoms. The highest BCUT2D eigenvalue weighted by Crippen LogP contribution is 2.15. The van der Waals surface area contributed by atoms with E-state index >= 15 is 0 Å². The number of esters is 1. The highest BCUT2D eigenvalue weighted by atomic mass is 32.2. The Balaban J connectivity index is 4.25. The third kappa shape index (κ3) is 9.25. The molecule has 0 saturated heterocycles. The molecule has 0 amide bonds. The van der Waals surface area contributed by atoms with Crippen LogP contribution >= 0.6 is 23.5 Å². The molecule has 0 fully saturated rings. The zero-order valence-corrected chi connectivity index (χ0v) is 13.9. The maximum atomic E-state index is 11.7. The van der Waals surface area contributed by atoms with Crippen molar-refractivity contribution >= 4 is 40.6 Å². The number of ether oxygens (including phenoxy) is 1. The lowest BCUT2D eigenvalue weighted by molar-refractivity contribution is -0.164. The molecule has 116 valence electrons. The van der Waals surface area contributed by atoms with Gasteiger partial charge in [0.05, 0.1) is 5.92 Å². The van der Waals surface area contributed by atoms with Crippen molar-refractivity contribution in [2.24, 2.45) is 11.8 Å². The predicted molar refractivity (Wildman–Crippen MR) is 82.0 cm³/mol. The first-order valence-corrected chi connectivity index (χ1v) is 8.52. The smallest absolute Gasteiger partial charge is 0.345 e. The molecule has 0 aromatic carbocycles. The third-order valence-electron chi connectivity index (χ3n) is 2.19. The Morgan fingerprint density at radius 2 is 1.70 bits per heavy atom. The van der Waals surface area contributed by atoms with Gasteiger partial charge in [-0.3, -0.25) is 9.59 Å². The first-order chi connectivity index (χ1) is 9.23. The Kier molecular flexibility index (Phi) is 9.75. The van der Waals surface area contributed by atoms with E-state index < -0.39 is 24.0 Å². The van der Waals surface area contributed by atoms with Gasteiger partial charge in [0.25, 0.3) is 0 Å². The van der Waals surface area contributed by atoms with Gasteiger partial charge >= 0.3 is 11.9 Å². The zero-order valence-electron chi connectivity index (χ0n) is 12.3. The fourth-order valence-corrected chi connectivity index (χ4v) is 2.79. The third-order valence-corrected chi connectivity index (χ3v) is 4.71. The predicted octanol–water partition coefficient (Wildman–Crippen LogP) is 2.29. The van der Waals surface area contributed by atoms with Crippen LogP contribution in [0.4, 0.5) is 0 Å². The molecule has 0 saturated carbocycles. The van der Waals surface area contributed by atoms with Crippen LogP contribution in [0, 0.1) is 11.8 Å². The van der Waals surface area contributed by atoms with E-state index in [2.05, 4.69) is 0 Å².